The number of hydrogen-bond acceptors (Lipinski definition) is 2. The third-order valence-corrected chi connectivity index (χ3v) is 4.26. The molecule has 0 spiro atoms. The SMILES string of the molecule is [CH2]c1cccc([C@H](C)c2cn(C(=O)c3ccccc3)cn2)c1C. The monoisotopic (exact) mass is 303 g/mol. The first-order valence-electron chi connectivity index (χ1n) is 7.63. The van der Waals surface area contributed by atoms with Crippen LogP contribution in [0.4, 0.5) is 0 Å². The molecular formula is C20H19N2O. The predicted molar refractivity (Wildman–Crippen MR) is 91.6 cm³/mol. The first-order valence-corrected chi connectivity index (χ1v) is 7.63. The number of rotatable bonds is 3. The lowest BCUT2D eigenvalue weighted by atomic mass is 9.92. The van der Waals surface area contributed by atoms with Crippen LogP contribution in [0.25, 0.3) is 0 Å². The second-order valence-corrected chi connectivity index (χ2v) is 5.73. The molecule has 0 saturated carbocycles. The Morgan fingerprint density at radius 2 is 1.87 bits per heavy atom. The van der Waals surface area contributed by atoms with Crippen molar-refractivity contribution in [1.82, 2.24) is 9.55 Å². The number of carbonyl (C=O) groups excluding carboxylic acids is 1. The summed E-state index contributed by atoms with van der Waals surface area (Å²) in [6.45, 7) is 8.22. The lowest BCUT2D eigenvalue weighted by Gasteiger charge is -2.14. The molecule has 0 aliphatic heterocycles. The van der Waals surface area contributed by atoms with Gasteiger partial charge < -0.3 is 0 Å². The summed E-state index contributed by atoms with van der Waals surface area (Å²) in [6, 6.07) is 15.3. The van der Waals surface area contributed by atoms with E-state index in [2.05, 4.69) is 31.8 Å². The molecule has 3 nitrogen and oxygen atoms in total. The van der Waals surface area contributed by atoms with Crippen LogP contribution < -0.4 is 0 Å². The molecule has 3 aromatic rings. The summed E-state index contributed by atoms with van der Waals surface area (Å²) in [6.07, 6.45) is 3.40. The molecule has 0 aliphatic rings. The van der Waals surface area contributed by atoms with E-state index in [0.717, 1.165) is 11.3 Å². The van der Waals surface area contributed by atoms with E-state index in [1.165, 1.54) is 11.1 Å². The van der Waals surface area contributed by atoms with Gasteiger partial charge in [0, 0.05) is 17.7 Å². The zero-order valence-corrected chi connectivity index (χ0v) is 13.4. The second-order valence-electron chi connectivity index (χ2n) is 5.73. The average molecular weight is 303 g/mol. The molecule has 0 unspecified atom stereocenters. The Bertz CT molecular complexity index is 834. The molecule has 0 fully saturated rings. The maximum absolute atomic E-state index is 12.5. The van der Waals surface area contributed by atoms with Gasteiger partial charge in [-0.25, -0.2) is 4.98 Å². The molecule has 1 heterocycles. The van der Waals surface area contributed by atoms with Crippen LogP contribution >= 0.6 is 0 Å². The summed E-state index contributed by atoms with van der Waals surface area (Å²) in [7, 11) is 0. The van der Waals surface area contributed by atoms with Crippen LogP contribution in [0.3, 0.4) is 0 Å². The van der Waals surface area contributed by atoms with Gasteiger partial charge >= 0.3 is 0 Å². The van der Waals surface area contributed by atoms with Gasteiger partial charge in [0.25, 0.3) is 5.91 Å². The first-order chi connectivity index (χ1) is 11.1. The topological polar surface area (TPSA) is 34.9 Å². The Labute approximate surface area is 136 Å². The summed E-state index contributed by atoms with van der Waals surface area (Å²) in [5.41, 5.74) is 4.91. The molecule has 1 atom stereocenters. The number of benzene rings is 2. The molecule has 23 heavy (non-hydrogen) atoms. The fourth-order valence-electron chi connectivity index (χ4n) is 2.73. The van der Waals surface area contributed by atoms with E-state index in [-0.39, 0.29) is 11.8 Å². The van der Waals surface area contributed by atoms with Gasteiger partial charge in [-0.1, -0.05) is 43.3 Å². The van der Waals surface area contributed by atoms with Crippen LogP contribution in [-0.4, -0.2) is 15.5 Å². The lowest BCUT2D eigenvalue weighted by Crippen LogP contribution is -2.09. The number of imidazole rings is 1. The van der Waals surface area contributed by atoms with Gasteiger partial charge in [0.2, 0.25) is 0 Å². The molecule has 115 valence electrons. The van der Waals surface area contributed by atoms with Crippen LogP contribution in [0.15, 0.2) is 61.1 Å². The molecule has 3 heteroatoms. The van der Waals surface area contributed by atoms with Crippen molar-refractivity contribution < 1.29 is 4.79 Å². The summed E-state index contributed by atoms with van der Waals surface area (Å²) < 4.78 is 1.55. The lowest BCUT2D eigenvalue weighted by molar-refractivity contribution is 0.0959. The Kier molecular flexibility index (Phi) is 4.11. The highest BCUT2D eigenvalue weighted by Gasteiger charge is 2.16. The maximum Gasteiger partial charge on any atom is 0.263 e. The summed E-state index contributed by atoms with van der Waals surface area (Å²) >= 11 is 0. The Balaban J connectivity index is 1.90. The van der Waals surface area contributed by atoms with Crippen molar-refractivity contribution in [3.05, 3.63) is 95.9 Å². The van der Waals surface area contributed by atoms with Crippen LogP contribution in [-0.2, 0) is 0 Å². The minimum atomic E-state index is -0.0702. The smallest absolute Gasteiger partial charge is 0.263 e. The number of hydrogen-bond donors (Lipinski definition) is 0. The standard InChI is InChI=1S/C20H19N2O/c1-14-8-7-11-18(15(14)2)16(3)19-12-22(13-21-19)20(23)17-9-5-4-6-10-17/h4-13,16H,1H2,2-3H3/t16-/m0/s1. The van der Waals surface area contributed by atoms with Crippen molar-refractivity contribution in [3.63, 3.8) is 0 Å². The quantitative estimate of drug-likeness (QED) is 0.726. The van der Waals surface area contributed by atoms with Crippen LogP contribution in [0.2, 0.25) is 0 Å². The average Bonchev–Trinajstić information content (AvgIpc) is 3.07. The first kappa shape index (κ1) is 15.2. The van der Waals surface area contributed by atoms with Crippen LogP contribution in [0.1, 0.15) is 45.6 Å². The molecular weight excluding hydrogens is 284 g/mol. The van der Waals surface area contributed by atoms with Gasteiger partial charge in [-0.3, -0.25) is 9.36 Å². The summed E-state index contributed by atoms with van der Waals surface area (Å²) in [4.78, 5) is 16.9. The van der Waals surface area contributed by atoms with Crippen molar-refractivity contribution in [2.45, 2.75) is 19.8 Å². The number of nitrogens with zero attached hydrogens (tertiary/aromatic N) is 2. The zero-order chi connectivity index (χ0) is 16.4. The Hall–Kier alpha value is -2.68. The highest BCUT2D eigenvalue weighted by Crippen LogP contribution is 2.27. The number of carbonyl (C=O) groups is 1. The maximum atomic E-state index is 12.5. The van der Waals surface area contributed by atoms with E-state index in [1.54, 1.807) is 10.9 Å². The summed E-state index contributed by atoms with van der Waals surface area (Å²) in [5, 5.41) is 0. The van der Waals surface area contributed by atoms with Crippen molar-refractivity contribution >= 4 is 5.91 Å². The molecule has 1 radical (unpaired) electrons. The van der Waals surface area contributed by atoms with E-state index in [4.69, 9.17) is 0 Å². The van der Waals surface area contributed by atoms with Crippen molar-refractivity contribution in [2.75, 3.05) is 0 Å². The largest absolute Gasteiger partial charge is 0.272 e. The van der Waals surface area contributed by atoms with Crippen molar-refractivity contribution in [1.29, 1.82) is 0 Å². The predicted octanol–water partition coefficient (Wildman–Crippen LogP) is 4.21. The molecule has 1 aromatic heterocycles. The minimum Gasteiger partial charge on any atom is -0.272 e. The van der Waals surface area contributed by atoms with E-state index in [9.17, 15) is 4.79 Å². The molecule has 2 aromatic carbocycles. The normalized spacial score (nSPS) is 12.1. The molecule has 0 amide bonds. The second kappa shape index (κ2) is 6.21. The van der Waals surface area contributed by atoms with E-state index >= 15 is 0 Å². The summed E-state index contributed by atoms with van der Waals surface area (Å²) in [5.74, 6) is 0.0423. The van der Waals surface area contributed by atoms with Gasteiger partial charge in [0.05, 0.1) is 5.69 Å². The Morgan fingerprint density at radius 3 is 2.61 bits per heavy atom. The van der Waals surface area contributed by atoms with Gasteiger partial charge in [0.1, 0.15) is 6.33 Å². The fourth-order valence-corrected chi connectivity index (χ4v) is 2.73. The van der Waals surface area contributed by atoms with Crippen molar-refractivity contribution in [2.24, 2.45) is 0 Å². The fraction of sp³-hybridized carbons (Fsp3) is 0.150. The van der Waals surface area contributed by atoms with E-state index in [1.807, 2.05) is 48.7 Å². The van der Waals surface area contributed by atoms with Crippen LogP contribution in [0, 0.1) is 13.8 Å². The van der Waals surface area contributed by atoms with Gasteiger partial charge in [-0.05, 0) is 42.7 Å². The van der Waals surface area contributed by atoms with Gasteiger partial charge in [0.15, 0.2) is 0 Å². The molecule has 0 N–H and O–H groups in total. The molecule has 0 bridgehead atoms. The highest BCUT2D eigenvalue weighted by atomic mass is 16.2. The van der Waals surface area contributed by atoms with E-state index in [0.29, 0.717) is 5.56 Å². The van der Waals surface area contributed by atoms with Gasteiger partial charge in [-0.15, -0.1) is 0 Å². The molecule has 0 saturated heterocycles. The van der Waals surface area contributed by atoms with Crippen LogP contribution in [0.5, 0.6) is 0 Å². The van der Waals surface area contributed by atoms with Gasteiger partial charge in [-0.2, -0.15) is 0 Å². The zero-order valence-electron chi connectivity index (χ0n) is 13.4. The third kappa shape index (κ3) is 2.95. The number of aromatic nitrogens is 2. The highest BCUT2D eigenvalue weighted by molar-refractivity contribution is 5.95. The van der Waals surface area contributed by atoms with Crippen molar-refractivity contribution in [3.8, 4) is 0 Å². The molecule has 3 rings (SSSR count). The third-order valence-electron chi connectivity index (χ3n) is 4.26. The minimum absolute atomic E-state index is 0.0702. The Morgan fingerprint density at radius 1 is 1.13 bits per heavy atom. The van der Waals surface area contributed by atoms with E-state index < -0.39 is 0 Å². The molecule has 0 aliphatic carbocycles.